The molecule has 0 bridgehead atoms. The van der Waals surface area contributed by atoms with Crippen LogP contribution in [0.25, 0.3) is 0 Å². The van der Waals surface area contributed by atoms with Crippen molar-refractivity contribution in [1.29, 1.82) is 0 Å². The highest BCUT2D eigenvalue weighted by Crippen LogP contribution is 2.43. The Balaban J connectivity index is 1.91. The fraction of sp³-hybridized carbons (Fsp3) is 0.412. The van der Waals surface area contributed by atoms with Crippen LogP contribution < -0.4 is 21.9 Å². The molecule has 1 aromatic rings. The molecular formula is C17H22N8O4S2. The second kappa shape index (κ2) is 9.78. The van der Waals surface area contributed by atoms with Crippen LogP contribution in [0.1, 0.15) is 26.2 Å². The standard InChI is InChI=1S/C17H22N8O4S2/c1-2-3-4-11(26)24(10-7-31-17(18)23-10)13-14(27)25-12(16(28)29)9(6-30-15(13)25)5-21-22-8-20-19/h5,7-8,13,15H,2-4,6,19H2,1H3,(H2,18,23)(H,20,22)(H,28,29)/b21-5+. The molecule has 1 fully saturated rings. The monoisotopic (exact) mass is 466 g/mol. The van der Waals surface area contributed by atoms with E-state index in [1.54, 1.807) is 5.38 Å². The summed E-state index contributed by atoms with van der Waals surface area (Å²) < 4.78 is 0. The highest BCUT2D eigenvalue weighted by molar-refractivity contribution is 8.00. The summed E-state index contributed by atoms with van der Waals surface area (Å²) in [7, 11) is 0. The Bertz CT molecular complexity index is 960. The molecule has 2 aliphatic rings. The van der Waals surface area contributed by atoms with Gasteiger partial charge in [0, 0.05) is 23.1 Å². The maximum absolute atomic E-state index is 13.1. The molecule has 0 radical (unpaired) electrons. The molecule has 2 atom stereocenters. The predicted octanol–water partition coefficient (Wildman–Crippen LogP) is 0.348. The van der Waals surface area contributed by atoms with Crippen LogP contribution in [0.2, 0.25) is 0 Å². The third-order valence-corrected chi connectivity index (χ3v) is 6.60. The van der Waals surface area contributed by atoms with E-state index >= 15 is 0 Å². The second-order valence-electron chi connectivity index (χ2n) is 6.61. The number of carbonyl (C=O) groups is 3. The number of nitrogens with one attached hydrogen (secondary N) is 1. The second-order valence-corrected chi connectivity index (χ2v) is 8.61. The smallest absolute Gasteiger partial charge is 0.353 e. The summed E-state index contributed by atoms with van der Waals surface area (Å²) in [5.41, 5.74) is 8.34. The zero-order chi connectivity index (χ0) is 22.5. The van der Waals surface area contributed by atoms with Gasteiger partial charge in [-0.1, -0.05) is 13.3 Å². The van der Waals surface area contributed by atoms with Crippen LogP contribution in [-0.2, 0) is 14.4 Å². The van der Waals surface area contributed by atoms with Crippen LogP contribution in [0.3, 0.4) is 0 Å². The Morgan fingerprint density at radius 3 is 2.90 bits per heavy atom. The van der Waals surface area contributed by atoms with Crippen molar-refractivity contribution >= 4 is 64.4 Å². The molecule has 0 aliphatic carbocycles. The lowest BCUT2D eigenvalue weighted by Gasteiger charge is -2.52. The number of nitrogen functional groups attached to an aromatic ring is 1. The van der Waals surface area contributed by atoms with Crippen molar-refractivity contribution in [1.82, 2.24) is 15.3 Å². The summed E-state index contributed by atoms with van der Waals surface area (Å²) in [6, 6.07) is -0.855. The van der Waals surface area contributed by atoms with E-state index < -0.39 is 23.3 Å². The van der Waals surface area contributed by atoms with E-state index in [1.165, 1.54) is 39.1 Å². The lowest BCUT2D eigenvalue weighted by molar-refractivity contribution is -0.149. The number of nitrogens with zero attached hydrogens (tertiary/aromatic N) is 5. The molecule has 12 nitrogen and oxygen atoms in total. The third kappa shape index (κ3) is 4.49. The van der Waals surface area contributed by atoms with Gasteiger partial charge in [0.25, 0.3) is 5.91 Å². The predicted molar refractivity (Wildman–Crippen MR) is 119 cm³/mol. The minimum Gasteiger partial charge on any atom is -0.477 e. The molecule has 0 saturated carbocycles. The molecule has 1 saturated heterocycles. The maximum Gasteiger partial charge on any atom is 0.353 e. The van der Waals surface area contributed by atoms with Crippen molar-refractivity contribution in [3.8, 4) is 0 Å². The zero-order valence-electron chi connectivity index (χ0n) is 16.6. The molecule has 0 spiro atoms. The number of carboxylic acid groups (broad SMARTS) is 1. The summed E-state index contributed by atoms with van der Waals surface area (Å²) >= 11 is 2.52. The number of nitrogens with two attached hydrogens (primary N) is 2. The molecule has 6 N–H and O–H groups in total. The number of hydrogen-bond acceptors (Lipinski definition) is 10. The van der Waals surface area contributed by atoms with Crippen LogP contribution in [0.4, 0.5) is 10.9 Å². The van der Waals surface area contributed by atoms with Gasteiger partial charge in [-0.05, 0) is 6.42 Å². The van der Waals surface area contributed by atoms with E-state index in [9.17, 15) is 19.5 Å². The first-order chi connectivity index (χ1) is 14.9. The van der Waals surface area contributed by atoms with Gasteiger partial charge < -0.3 is 16.7 Å². The van der Waals surface area contributed by atoms with E-state index in [0.717, 1.165) is 12.8 Å². The molecule has 2 aliphatic heterocycles. The van der Waals surface area contributed by atoms with Gasteiger partial charge in [-0.15, -0.1) is 23.1 Å². The van der Waals surface area contributed by atoms with Crippen molar-refractivity contribution < 1.29 is 19.5 Å². The van der Waals surface area contributed by atoms with Crippen molar-refractivity contribution in [2.24, 2.45) is 16.0 Å². The number of hydrogen-bond donors (Lipinski definition) is 4. The van der Waals surface area contributed by atoms with Crippen molar-refractivity contribution in [2.75, 3.05) is 16.4 Å². The fourth-order valence-corrected chi connectivity index (χ4v) is 5.15. The van der Waals surface area contributed by atoms with E-state index in [4.69, 9.17) is 11.6 Å². The van der Waals surface area contributed by atoms with E-state index in [0.29, 0.717) is 17.8 Å². The number of thiazole rings is 1. The topological polar surface area (TPSA) is 180 Å². The Kier molecular flexibility index (Phi) is 7.12. The minimum atomic E-state index is -1.26. The first-order valence-corrected chi connectivity index (χ1v) is 11.3. The lowest BCUT2D eigenvalue weighted by atomic mass is 10.0. The van der Waals surface area contributed by atoms with Gasteiger partial charge in [-0.25, -0.2) is 9.78 Å². The Morgan fingerprint density at radius 2 is 2.29 bits per heavy atom. The van der Waals surface area contributed by atoms with Crippen LogP contribution in [0, 0.1) is 0 Å². The summed E-state index contributed by atoms with van der Waals surface area (Å²) in [6.45, 7) is 1.97. The Hall–Kier alpha value is -3.13. The fourth-order valence-electron chi connectivity index (χ4n) is 3.27. The summed E-state index contributed by atoms with van der Waals surface area (Å²) in [4.78, 5) is 44.7. The number of aromatic nitrogens is 1. The molecule has 14 heteroatoms. The highest BCUT2D eigenvalue weighted by atomic mass is 32.2. The number of thioether (sulfide) groups is 1. The molecular weight excluding hydrogens is 444 g/mol. The summed E-state index contributed by atoms with van der Waals surface area (Å²) in [5, 5.41) is 18.1. The number of carboxylic acids is 1. The third-order valence-electron chi connectivity index (χ3n) is 4.65. The number of rotatable bonds is 9. The molecule has 31 heavy (non-hydrogen) atoms. The minimum absolute atomic E-state index is 0.168. The van der Waals surface area contributed by atoms with Gasteiger partial charge >= 0.3 is 5.97 Å². The largest absolute Gasteiger partial charge is 0.477 e. The van der Waals surface area contributed by atoms with Crippen LogP contribution in [0.15, 0.2) is 26.9 Å². The number of fused-ring (bicyclic) bond motifs is 1. The van der Waals surface area contributed by atoms with Crippen molar-refractivity contribution in [2.45, 2.75) is 37.6 Å². The van der Waals surface area contributed by atoms with Gasteiger partial charge in [-0.3, -0.25) is 24.8 Å². The number of anilines is 2. The van der Waals surface area contributed by atoms with E-state index in [1.807, 2.05) is 6.92 Å². The number of aliphatic carboxylic acids is 1. The van der Waals surface area contributed by atoms with Crippen molar-refractivity contribution in [3.05, 3.63) is 16.7 Å². The Labute approximate surface area is 186 Å². The van der Waals surface area contributed by atoms with Gasteiger partial charge in [-0.2, -0.15) is 10.2 Å². The van der Waals surface area contributed by atoms with Gasteiger partial charge in [0.15, 0.2) is 5.13 Å². The summed E-state index contributed by atoms with van der Waals surface area (Å²) in [6.07, 6.45) is 4.17. The number of β-lactam (4-membered cyclic amide) rings is 1. The van der Waals surface area contributed by atoms with Gasteiger partial charge in [0.1, 0.15) is 29.3 Å². The normalized spacial score (nSPS) is 20.8. The van der Waals surface area contributed by atoms with Gasteiger partial charge in [0.05, 0.1) is 6.21 Å². The first-order valence-electron chi connectivity index (χ1n) is 9.35. The first kappa shape index (κ1) is 22.6. The van der Waals surface area contributed by atoms with E-state index in [2.05, 4.69) is 20.6 Å². The average molecular weight is 467 g/mol. The number of unbranched alkanes of at least 4 members (excludes halogenated alkanes) is 1. The lowest BCUT2D eigenvalue weighted by Crippen LogP contribution is -2.71. The van der Waals surface area contributed by atoms with E-state index in [-0.39, 0.29) is 28.9 Å². The number of carbonyl (C=O) groups excluding carboxylic acids is 2. The molecule has 2 unspecified atom stereocenters. The molecule has 0 aromatic carbocycles. The molecule has 3 heterocycles. The average Bonchev–Trinajstić information content (AvgIpc) is 3.18. The summed E-state index contributed by atoms with van der Waals surface area (Å²) in [5.74, 6) is 3.56. The number of hydrazone groups is 2. The maximum atomic E-state index is 13.1. The highest BCUT2D eigenvalue weighted by Gasteiger charge is 2.57. The SMILES string of the molecule is CCCCC(=O)N(c1csc(N)n1)C1C(=O)N2C(C(=O)O)=C(/C=N/N/C=N/N)CSC12. The zero-order valence-corrected chi connectivity index (χ0v) is 18.2. The van der Waals surface area contributed by atoms with Crippen LogP contribution >= 0.6 is 23.1 Å². The molecule has 3 rings (SSSR count). The molecule has 2 amide bonds. The van der Waals surface area contributed by atoms with Crippen molar-refractivity contribution in [3.63, 3.8) is 0 Å². The van der Waals surface area contributed by atoms with Gasteiger partial charge in [0.2, 0.25) is 5.91 Å². The quantitative estimate of drug-likeness (QED) is 0.131. The Morgan fingerprint density at radius 1 is 1.52 bits per heavy atom. The number of amides is 2. The van der Waals surface area contributed by atoms with Crippen LogP contribution in [-0.4, -0.2) is 62.5 Å². The molecule has 166 valence electrons. The van der Waals surface area contributed by atoms with Crippen LogP contribution in [0.5, 0.6) is 0 Å². The molecule has 1 aromatic heterocycles.